The lowest BCUT2D eigenvalue weighted by Crippen LogP contribution is -2.50. The number of rotatable bonds is 2. The lowest BCUT2D eigenvalue weighted by atomic mass is 10.1. The molecule has 1 unspecified atom stereocenters. The average molecular weight is 415 g/mol. The third-order valence-electron chi connectivity index (χ3n) is 5.21. The molecule has 1 aromatic heterocycles. The van der Waals surface area contributed by atoms with Crippen LogP contribution < -0.4 is 0 Å². The van der Waals surface area contributed by atoms with E-state index in [2.05, 4.69) is 67.9 Å². The van der Waals surface area contributed by atoms with Gasteiger partial charge in [0.05, 0.1) is 6.10 Å². The summed E-state index contributed by atoms with van der Waals surface area (Å²) in [5.41, 5.74) is 2.45. The van der Waals surface area contributed by atoms with Crippen molar-refractivity contribution in [1.29, 1.82) is 0 Å². The highest BCUT2D eigenvalue weighted by molar-refractivity contribution is 9.10. The molecule has 2 bridgehead atoms. The van der Waals surface area contributed by atoms with Crippen molar-refractivity contribution in [3.05, 3.63) is 46.9 Å². The van der Waals surface area contributed by atoms with Crippen LogP contribution in [0.4, 0.5) is 0 Å². The number of fused-ring (bicyclic) bond motifs is 9. The largest absolute Gasteiger partial charge is 0.639 e. The molecule has 134 valence electrons. The van der Waals surface area contributed by atoms with E-state index in [0.29, 0.717) is 13.2 Å². The van der Waals surface area contributed by atoms with Gasteiger partial charge in [-0.25, -0.2) is 0 Å². The Balaban J connectivity index is 1.56. The molecule has 5 nitrogen and oxygen atoms in total. The highest BCUT2D eigenvalue weighted by atomic mass is 79.9. The summed E-state index contributed by atoms with van der Waals surface area (Å²) >= 11 is 3.60. The second kappa shape index (κ2) is 6.98. The standard InChI is InChI=1S/C19H20BBrN2O3/c21-14-5-6-19-17(11-14)16-3-1-2-4-18(16)23(19)13-15-12-22-7-9-24-20(26-15)25-10-8-22/h1-6,11,15H,7-10,12-13H2. The van der Waals surface area contributed by atoms with Crippen molar-refractivity contribution in [2.75, 3.05) is 32.8 Å². The van der Waals surface area contributed by atoms with E-state index in [-0.39, 0.29) is 6.10 Å². The molecule has 6 rings (SSSR count). The van der Waals surface area contributed by atoms with E-state index in [0.717, 1.165) is 30.7 Å². The highest BCUT2D eigenvalue weighted by Gasteiger charge is 2.33. The molecular weight excluding hydrogens is 395 g/mol. The first-order chi connectivity index (χ1) is 12.8. The van der Waals surface area contributed by atoms with E-state index in [9.17, 15) is 0 Å². The van der Waals surface area contributed by atoms with E-state index in [4.69, 9.17) is 14.0 Å². The van der Waals surface area contributed by atoms with Crippen molar-refractivity contribution in [2.24, 2.45) is 0 Å². The zero-order chi connectivity index (χ0) is 17.5. The van der Waals surface area contributed by atoms with Crippen LogP contribution in [0.3, 0.4) is 0 Å². The first-order valence-electron chi connectivity index (χ1n) is 9.05. The van der Waals surface area contributed by atoms with Crippen LogP contribution in [0.15, 0.2) is 46.9 Å². The minimum absolute atomic E-state index is 0.0169. The van der Waals surface area contributed by atoms with Gasteiger partial charge in [0.15, 0.2) is 0 Å². The molecule has 3 fully saturated rings. The SMILES string of the molecule is Brc1ccc2c(c1)c1ccccc1n2CC1CN2CCOB(OCC2)O1. The van der Waals surface area contributed by atoms with Gasteiger partial charge in [-0.2, -0.15) is 0 Å². The van der Waals surface area contributed by atoms with Crippen molar-refractivity contribution in [3.63, 3.8) is 0 Å². The van der Waals surface area contributed by atoms with Gasteiger partial charge in [-0.15, -0.1) is 0 Å². The van der Waals surface area contributed by atoms with E-state index >= 15 is 0 Å². The van der Waals surface area contributed by atoms with Crippen LogP contribution in [0.1, 0.15) is 0 Å². The number of para-hydroxylation sites is 1. The Labute approximate surface area is 161 Å². The topological polar surface area (TPSA) is 35.9 Å². The predicted molar refractivity (Wildman–Crippen MR) is 106 cm³/mol. The smallest absolute Gasteiger partial charge is 0.385 e. The average Bonchev–Trinajstić information content (AvgIpc) is 2.89. The molecule has 3 saturated heterocycles. The lowest BCUT2D eigenvalue weighted by Gasteiger charge is -2.35. The Hall–Kier alpha value is -1.38. The fraction of sp³-hybridized carbons (Fsp3) is 0.368. The maximum atomic E-state index is 6.14. The molecule has 0 radical (unpaired) electrons. The fourth-order valence-electron chi connectivity index (χ4n) is 3.99. The van der Waals surface area contributed by atoms with E-state index < -0.39 is 7.32 Å². The molecular formula is C19H20BBrN2O3. The van der Waals surface area contributed by atoms with Crippen LogP contribution in [0.25, 0.3) is 21.8 Å². The van der Waals surface area contributed by atoms with Crippen LogP contribution in [0.5, 0.6) is 0 Å². The molecule has 0 saturated carbocycles. The molecule has 0 aliphatic carbocycles. The van der Waals surface area contributed by atoms with Gasteiger partial charge in [0, 0.05) is 65.7 Å². The Morgan fingerprint density at radius 2 is 1.77 bits per heavy atom. The number of hydrogen-bond donors (Lipinski definition) is 0. The van der Waals surface area contributed by atoms with Gasteiger partial charge in [-0.1, -0.05) is 34.1 Å². The Bertz CT molecular complexity index is 923. The second-order valence-corrected chi connectivity index (χ2v) is 7.79. The van der Waals surface area contributed by atoms with E-state index in [1.54, 1.807) is 0 Å². The molecule has 7 heteroatoms. The summed E-state index contributed by atoms with van der Waals surface area (Å²) in [5.74, 6) is 0. The molecule has 3 aliphatic heterocycles. The summed E-state index contributed by atoms with van der Waals surface area (Å²) in [4.78, 5) is 2.37. The zero-order valence-electron chi connectivity index (χ0n) is 14.4. The van der Waals surface area contributed by atoms with Crippen molar-refractivity contribution in [2.45, 2.75) is 12.6 Å². The van der Waals surface area contributed by atoms with Crippen LogP contribution in [-0.4, -0.2) is 55.7 Å². The Morgan fingerprint density at radius 3 is 2.62 bits per heavy atom. The fourth-order valence-corrected chi connectivity index (χ4v) is 4.35. The van der Waals surface area contributed by atoms with Crippen molar-refractivity contribution in [1.82, 2.24) is 9.47 Å². The van der Waals surface area contributed by atoms with Crippen LogP contribution in [0, 0.1) is 0 Å². The van der Waals surface area contributed by atoms with Crippen molar-refractivity contribution < 1.29 is 14.0 Å². The summed E-state index contributed by atoms with van der Waals surface area (Å²) in [7, 11) is -0.551. The van der Waals surface area contributed by atoms with Gasteiger partial charge in [0.25, 0.3) is 0 Å². The quantitative estimate of drug-likeness (QED) is 0.603. The molecule has 4 heterocycles. The minimum atomic E-state index is -0.551. The number of benzene rings is 2. The van der Waals surface area contributed by atoms with Gasteiger partial charge in [-0.05, 0) is 24.3 Å². The van der Waals surface area contributed by atoms with Gasteiger partial charge in [0.2, 0.25) is 0 Å². The minimum Gasteiger partial charge on any atom is -0.385 e. The predicted octanol–water partition coefficient (Wildman–Crippen LogP) is 3.29. The third-order valence-corrected chi connectivity index (χ3v) is 5.70. The molecule has 1 atom stereocenters. The zero-order valence-corrected chi connectivity index (χ0v) is 16.0. The van der Waals surface area contributed by atoms with Crippen LogP contribution >= 0.6 is 15.9 Å². The molecule has 2 aromatic carbocycles. The Kier molecular flexibility index (Phi) is 4.50. The normalized spacial score (nSPS) is 24.0. The second-order valence-electron chi connectivity index (χ2n) is 6.88. The first-order valence-corrected chi connectivity index (χ1v) is 9.85. The first kappa shape index (κ1) is 16.8. The molecule has 26 heavy (non-hydrogen) atoms. The summed E-state index contributed by atoms with van der Waals surface area (Å²) in [6.45, 7) is 4.83. The Morgan fingerprint density at radius 1 is 1.00 bits per heavy atom. The molecule has 3 aromatic rings. The highest BCUT2D eigenvalue weighted by Crippen LogP contribution is 2.31. The molecule has 3 aliphatic rings. The maximum absolute atomic E-state index is 6.14. The van der Waals surface area contributed by atoms with Gasteiger partial charge >= 0.3 is 7.32 Å². The molecule has 0 spiro atoms. The maximum Gasteiger partial charge on any atom is 0.639 e. The molecule has 0 amide bonds. The van der Waals surface area contributed by atoms with Gasteiger partial charge in [-0.3, -0.25) is 4.90 Å². The van der Waals surface area contributed by atoms with E-state index in [1.165, 1.54) is 21.8 Å². The summed E-state index contributed by atoms with van der Waals surface area (Å²) < 4.78 is 21.0. The van der Waals surface area contributed by atoms with Crippen molar-refractivity contribution in [3.8, 4) is 0 Å². The number of halogens is 1. The lowest BCUT2D eigenvalue weighted by molar-refractivity contribution is -0.0232. The monoisotopic (exact) mass is 414 g/mol. The van der Waals surface area contributed by atoms with Crippen LogP contribution in [-0.2, 0) is 20.5 Å². The summed E-state index contributed by atoms with van der Waals surface area (Å²) in [5, 5.41) is 2.52. The number of nitrogens with zero attached hydrogens (tertiary/aromatic N) is 2. The number of hydrogen-bond acceptors (Lipinski definition) is 4. The van der Waals surface area contributed by atoms with Crippen LogP contribution in [0.2, 0.25) is 0 Å². The van der Waals surface area contributed by atoms with Crippen molar-refractivity contribution >= 4 is 45.1 Å². The summed E-state index contributed by atoms with van der Waals surface area (Å²) in [6.07, 6.45) is 0.0169. The summed E-state index contributed by atoms with van der Waals surface area (Å²) in [6, 6.07) is 15.0. The molecule has 0 N–H and O–H groups in total. The van der Waals surface area contributed by atoms with Gasteiger partial charge < -0.3 is 18.5 Å². The van der Waals surface area contributed by atoms with Gasteiger partial charge in [0.1, 0.15) is 0 Å². The van der Waals surface area contributed by atoms with E-state index in [1.807, 2.05) is 0 Å². The number of aromatic nitrogens is 1. The third kappa shape index (κ3) is 3.08.